The van der Waals surface area contributed by atoms with Gasteiger partial charge in [0.15, 0.2) is 5.82 Å². The molecule has 8 heteroatoms. The first kappa shape index (κ1) is 13.0. The molecule has 0 saturated heterocycles. The predicted molar refractivity (Wildman–Crippen MR) is 59.6 cm³/mol. The Kier molecular flexibility index (Phi) is 4.36. The van der Waals surface area contributed by atoms with Crippen LogP contribution in [0.4, 0.5) is 0 Å². The molecule has 0 spiro atoms. The Morgan fingerprint density at radius 2 is 2.19 bits per heavy atom. The lowest BCUT2D eigenvalue weighted by Crippen LogP contribution is -2.23. The molecule has 92 valence electrons. The monoisotopic (exact) mass is 247 g/mol. The van der Waals surface area contributed by atoms with E-state index >= 15 is 0 Å². The van der Waals surface area contributed by atoms with Crippen LogP contribution in [0.3, 0.4) is 0 Å². The van der Waals surface area contributed by atoms with Gasteiger partial charge >= 0.3 is 0 Å². The summed E-state index contributed by atoms with van der Waals surface area (Å²) < 4.78 is 23.6. The normalized spacial score (nSPS) is 13.9. The average molecular weight is 247 g/mol. The Bertz CT molecular complexity index is 427. The van der Waals surface area contributed by atoms with E-state index in [0.29, 0.717) is 5.82 Å². The van der Waals surface area contributed by atoms with E-state index in [2.05, 4.69) is 20.8 Å². The van der Waals surface area contributed by atoms with Gasteiger partial charge in [0.05, 0.1) is 18.3 Å². The number of hydrogen-bond acceptors (Lipinski definition) is 6. The van der Waals surface area contributed by atoms with Crippen LogP contribution in [0.2, 0.25) is 0 Å². The fourth-order valence-corrected chi connectivity index (χ4v) is 1.84. The number of rotatable bonds is 6. The van der Waals surface area contributed by atoms with Crippen LogP contribution >= 0.6 is 0 Å². The van der Waals surface area contributed by atoms with Crippen molar-refractivity contribution in [2.24, 2.45) is 0 Å². The highest BCUT2D eigenvalue weighted by Gasteiger charge is 2.14. The van der Waals surface area contributed by atoms with Crippen LogP contribution < -0.4 is 5.32 Å². The third kappa shape index (κ3) is 3.86. The van der Waals surface area contributed by atoms with Crippen LogP contribution in [0.1, 0.15) is 25.7 Å². The van der Waals surface area contributed by atoms with Gasteiger partial charge in [0.1, 0.15) is 9.84 Å². The van der Waals surface area contributed by atoms with E-state index in [-0.39, 0.29) is 18.3 Å². The highest BCUT2D eigenvalue weighted by molar-refractivity contribution is 7.90. The van der Waals surface area contributed by atoms with Crippen molar-refractivity contribution >= 4 is 9.84 Å². The standard InChI is InChI=1S/C8H17N5O2S/c1-4-9-7(2)8-10-11-12-13(8)5-6-16(3,14)15/h7,9H,4-6H2,1-3H3. The molecule has 1 rings (SSSR count). The van der Waals surface area contributed by atoms with Crippen LogP contribution in [-0.4, -0.2) is 47.2 Å². The number of nitrogens with one attached hydrogen (secondary N) is 1. The summed E-state index contributed by atoms with van der Waals surface area (Å²) in [4.78, 5) is 0. The maximum absolute atomic E-state index is 11.0. The number of hydrogen-bond donors (Lipinski definition) is 1. The molecule has 1 atom stereocenters. The van der Waals surface area contributed by atoms with E-state index in [1.54, 1.807) is 0 Å². The summed E-state index contributed by atoms with van der Waals surface area (Å²) in [6.45, 7) is 5.02. The van der Waals surface area contributed by atoms with Gasteiger partial charge in [-0.2, -0.15) is 0 Å². The highest BCUT2D eigenvalue weighted by atomic mass is 32.2. The molecule has 1 unspecified atom stereocenters. The van der Waals surface area contributed by atoms with Gasteiger partial charge in [-0.3, -0.25) is 0 Å². The molecule has 0 aromatic carbocycles. The number of tetrazole rings is 1. The molecule has 0 bridgehead atoms. The SMILES string of the molecule is CCNC(C)c1nnnn1CCS(C)(=O)=O. The van der Waals surface area contributed by atoms with Crippen molar-refractivity contribution in [2.45, 2.75) is 26.4 Å². The summed E-state index contributed by atoms with van der Waals surface area (Å²) in [5, 5.41) is 14.4. The molecule has 0 aliphatic heterocycles. The zero-order valence-corrected chi connectivity index (χ0v) is 10.5. The lowest BCUT2D eigenvalue weighted by atomic mass is 10.3. The van der Waals surface area contributed by atoms with Gasteiger partial charge in [-0.15, -0.1) is 5.10 Å². The number of sulfone groups is 1. The molecule has 0 amide bonds. The molecule has 16 heavy (non-hydrogen) atoms. The largest absolute Gasteiger partial charge is 0.308 e. The lowest BCUT2D eigenvalue weighted by Gasteiger charge is -2.11. The third-order valence-corrected chi connectivity index (χ3v) is 3.06. The second-order valence-electron chi connectivity index (χ2n) is 3.67. The maximum Gasteiger partial charge on any atom is 0.167 e. The summed E-state index contributed by atoms with van der Waals surface area (Å²) >= 11 is 0. The summed E-state index contributed by atoms with van der Waals surface area (Å²) in [5.41, 5.74) is 0. The van der Waals surface area contributed by atoms with Crippen LogP contribution in [0.15, 0.2) is 0 Å². The molecule has 0 aliphatic rings. The van der Waals surface area contributed by atoms with Gasteiger partial charge in [-0.25, -0.2) is 13.1 Å². The minimum atomic E-state index is -2.99. The zero-order chi connectivity index (χ0) is 12.2. The highest BCUT2D eigenvalue weighted by Crippen LogP contribution is 2.06. The molecule has 0 saturated carbocycles. The summed E-state index contributed by atoms with van der Waals surface area (Å²) in [5.74, 6) is 0.703. The molecule has 1 aromatic rings. The van der Waals surface area contributed by atoms with E-state index in [0.717, 1.165) is 6.54 Å². The Morgan fingerprint density at radius 3 is 2.75 bits per heavy atom. The van der Waals surface area contributed by atoms with Crippen LogP contribution in [0.25, 0.3) is 0 Å². The van der Waals surface area contributed by atoms with Gasteiger partial charge in [-0.05, 0) is 23.9 Å². The van der Waals surface area contributed by atoms with Gasteiger partial charge in [0.2, 0.25) is 0 Å². The fraction of sp³-hybridized carbons (Fsp3) is 0.875. The molecule has 0 aliphatic carbocycles. The predicted octanol–water partition coefficient (Wildman–Crippen LogP) is -0.612. The molecular formula is C8H17N5O2S. The van der Waals surface area contributed by atoms with E-state index < -0.39 is 9.84 Å². The fourth-order valence-electron chi connectivity index (χ4n) is 1.33. The van der Waals surface area contributed by atoms with E-state index in [1.807, 2.05) is 13.8 Å². The summed E-state index contributed by atoms with van der Waals surface area (Å²) in [7, 11) is -2.99. The summed E-state index contributed by atoms with van der Waals surface area (Å²) in [6, 6.07) is 0.0135. The van der Waals surface area contributed by atoms with Crippen molar-refractivity contribution in [3.63, 3.8) is 0 Å². The van der Waals surface area contributed by atoms with Crippen molar-refractivity contribution in [3.8, 4) is 0 Å². The molecular weight excluding hydrogens is 230 g/mol. The molecule has 0 fully saturated rings. The van der Waals surface area contributed by atoms with Gasteiger partial charge in [-0.1, -0.05) is 6.92 Å². The maximum atomic E-state index is 11.0. The third-order valence-electron chi connectivity index (χ3n) is 2.13. The molecule has 1 aromatic heterocycles. The minimum Gasteiger partial charge on any atom is -0.308 e. The second-order valence-corrected chi connectivity index (χ2v) is 5.93. The van der Waals surface area contributed by atoms with Crippen molar-refractivity contribution in [2.75, 3.05) is 18.6 Å². The molecule has 1 heterocycles. The Hall–Kier alpha value is -1.02. The quantitative estimate of drug-likeness (QED) is 0.721. The van der Waals surface area contributed by atoms with Crippen molar-refractivity contribution in [1.82, 2.24) is 25.5 Å². The first-order chi connectivity index (χ1) is 7.44. The van der Waals surface area contributed by atoms with Gasteiger partial charge in [0, 0.05) is 6.26 Å². The topological polar surface area (TPSA) is 89.8 Å². The number of aromatic nitrogens is 4. The zero-order valence-electron chi connectivity index (χ0n) is 9.71. The van der Waals surface area contributed by atoms with Crippen molar-refractivity contribution < 1.29 is 8.42 Å². The van der Waals surface area contributed by atoms with Crippen LogP contribution in [-0.2, 0) is 16.4 Å². The van der Waals surface area contributed by atoms with Gasteiger partial charge in [0.25, 0.3) is 0 Å². The van der Waals surface area contributed by atoms with E-state index in [4.69, 9.17) is 0 Å². The van der Waals surface area contributed by atoms with Gasteiger partial charge < -0.3 is 5.32 Å². The first-order valence-electron chi connectivity index (χ1n) is 5.11. The molecule has 7 nitrogen and oxygen atoms in total. The number of aryl methyl sites for hydroxylation is 1. The molecule has 0 radical (unpaired) electrons. The smallest absolute Gasteiger partial charge is 0.167 e. The minimum absolute atomic E-state index is 0.0135. The van der Waals surface area contributed by atoms with Crippen LogP contribution in [0, 0.1) is 0 Å². The Morgan fingerprint density at radius 1 is 1.50 bits per heavy atom. The van der Waals surface area contributed by atoms with Crippen molar-refractivity contribution in [1.29, 1.82) is 0 Å². The Balaban J connectivity index is 2.71. The van der Waals surface area contributed by atoms with Crippen molar-refractivity contribution in [3.05, 3.63) is 5.82 Å². The lowest BCUT2D eigenvalue weighted by molar-refractivity contribution is 0.506. The molecule has 1 N–H and O–H groups in total. The van der Waals surface area contributed by atoms with Crippen LogP contribution in [0.5, 0.6) is 0 Å². The second kappa shape index (κ2) is 5.35. The first-order valence-corrected chi connectivity index (χ1v) is 7.17. The Labute approximate surface area is 95.1 Å². The van der Waals surface area contributed by atoms with E-state index in [1.165, 1.54) is 10.9 Å². The summed E-state index contributed by atoms with van der Waals surface area (Å²) in [6.07, 6.45) is 1.20. The number of nitrogens with zero attached hydrogens (tertiary/aromatic N) is 4. The van der Waals surface area contributed by atoms with E-state index in [9.17, 15) is 8.42 Å². The average Bonchev–Trinajstić information content (AvgIpc) is 2.61.